The maximum Gasteiger partial charge on any atom is 0.330 e. The van der Waals surface area contributed by atoms with E-state index in [2.05, 4.69) is 4.74 Å². The van der Waals surface area contributed by atoms with Gasteiger partial charge in [0.1, 0.15) is 0 Å². The zero-order valence-corrected chi connectivity index (χ0v) is 11.7. The topological polar surface area (TPSA) is 46.6 Å². The molecule has 1 heterocycles. The Morgan fingerprint density at radius 1 is 1.33 bits per heavy atom. The summed E-state index contributed by atoms with van der Waals surface area (Å²) in [5.74, 6) is -4.39. The second kappa shape index (κ2) is 5.63. The van der Waals surface area contributed by atoms with Crippen LogP contribution in [0.3, 0.4) is 0 Å². The second-order valence-electron chi connectivity index (χ2n) is 4.72. The molecule has 1 aliphatic rings. The molecule has 1 aliphatic heterocycles. The molecular formula is C15H15F2NO3. The molecule has 0 fully saturated rings. The van der Waals surface area contributed by atoms with E-state index in [9.17, 15) is 18.4 Å². The number of alkyl halides is 2. The molecule has 0 spiro atoms. The van der Waals surface area contributed by atoms with Crippen molar-refractivity contribution >= 4 is 23.1 Å². The Bertz CT molecular complexity index is 611. The van der Waals surface area contributed by atoms with Gasteiger partial charge in [-0.15, -0.1) is 0 Å². The van der Waals surface area contributed by atoms with Crippen LogP contribution in [0.25, 0.3) is 5.57 Å². The Morgan fingerprint density at radius 3 is 2.62 bits per heavy atom. The first-order chi connectivity index (χ1) is 9.86. The van der Waals surface area contributed by atoms with Gasteiger partial charge >= 0.3 is 5.97 Å². The van der Waals surface area contributed by atoms with Gasteiger partial charge in [-0.25, -0.2) is 13.6 Å². The van der Waals surface area contributed by atoms with Gasteiger partial charge in [0.2, 0.25) is 5.91 Å². The lowest BCUT2D eigenvalue weighted by molar-refractivity contribution is -0.134. The molecule has 0 aliphatic carbocycles. The summed E-state index contributed by atoms with van der Waals surface area (Å²) in [5, 5.41) is 0. The van der Waals surface area contributed by atoms with Gasteiger partial charge in [-0.1, -0.05) is 18.2 Å². The minimum Gasteiger partial charge on any atom is -0.466 e. The number of rotatable bonds is 1. The third-order valence-electron chi connectivity index (χ3n) is 3.37. The molecule has 21 heavy (non-hydrogen) atoms. The maximum absolute atomic E-state index is 14.3. The molecule has 1 amide bonds. The first kappa shape index (κ1) is 15.2. The van der Waals surface area contributed by atoms with Gasteiger partial charge in [0.05, 0.1) is 12.8 Å². The number of halogens is 2. The monoisotopic (exact) mass is 295 g/mol. The average Bonchev–Trinajstić information content (AvgIpc) is 2.54. The Kier molecular flexibility index (Phi) is 4.06. The van der Waals surface area contributed by atoms with Crippen molar-refractivity contribution in [3.8, 4) is 0 Å². The van der Waals surface area contributed by atoms with Crippen molar-refractivity contribution in [1.29, 1.82) is 0 Å². The Balaban J connectivity index is 2.66. The molecule has 1 aromatic rings. The first-order valence-electron chi connectivity index (χ1n) is 6.42. The number of ether oxygens (including phenoxy) is 1. The van der Waals surface area contributed by atoms with E-state index < -0.39 is 23.9 Å². The fraction of sp³-hybridized carbons (Fsp3) is 0.333. The van der Waals surface area contributed by atoms with E-state index in [1.807, 2.05) is 0 Å². The fourth-order valence-corrected chi connectivity index (χ4v) is 2.33. The largest absolute Gasteiger partial charge is 0.466 e. The predicted octanol–water partition coefficient (Wildman–Crippen LogP) is 2.63. The van der Waals surface area contributed by atoms with Gasteiger partial charge in [-0.05, 0) is 6.07 Å². The van der Waals surface area contributed by atoms with Crippen LogP contribution in [0.2, 0.25) is 0 Å². The highest BCUT2D eigenvalue weighted by molar-refractivity contribution is 6.00. The standard InChI is InChI=1S/C15H15F2NO3/c1-10(19)18-8-7-15(16,17)12(9-14(20)21-2)11-5-3-4-6-13(11)18/h3-6,9H,7-8H2,1-2H3/b12-9-. The van der Waals surface area contributed by atoms with E-state index in [0.29, 0.717) is 5.69 Å². The number of hydrogen-bond donors (Lipinski definition) is 0. The number of carbonyl (C=O) groups is 2. The van der Waals surface area contributed by atoms with Gasteiger partial charge in [-0.3, -0.25) is 4.79 Å². The Morgan fingerprint density at radius 2 is 2.00 bits per heavy atom. The maximum atomic E-state index is 14.3. The number of methoxy groups -OCH3 is 1. The average molecular weight is 295 g/mol. The molecule has 0 saturated carbocycles. The Labute approximate surface area is 121 Å². The van der Waals surface area contributed by atoms with Crippen molar-refractivity contribution < 1.29 is 23.1 Å². The first-order valence-corrected chi connectivity index (χ1v) is 6.42. The number of carbonyl (C=O) groups excluding carboxylic acids is 2. The van der Waals surface area contributed by atoms with Gasteiger partial charge in [0.15, 0.2) is 0 Å². The van der Waals surface area contributed by atoms with Crippen LogP contribution < -0.4 is 4.90 Å². The smallest absolute Gasteiger partial charge is 0.330 e. The van der Waals surface area contributed by atoms with Gasteiger partial charge < -0.3 is 9.64 Å². The quantitative estimate of drug-likeness (QED) is 0.591. The van der Waals surface area contributed by atoms with Crippen LogP contribution >= 0.6 is 0 Å². The molecule has 0 saturated heterocycles. The van der Waals surface area contributed by atoms with Crippen molar-refractivity contribution in [2.75, 3.05) is 18.6 Å². The second-order valence-corrected chi connectivity index (χ2v) is 4.72. The molecule has 0 aromatic heterocycles. The van der Waals surface area contributed by atoms with Gasteiger partial charge in [0.25, 0.3) is 5.92 Å². The molecule has 0 unspecified atom stereocenters. The summed E-state index contributed by atoms with van der Waals surface area (Å²) in [5.41, 5.74) is 0.117. The highest BCUT2D eigenvalue weighted by Gasteiger charge is 2.40. The zero-order valence-electron chi connectivity index (χ0n) is 11.7. The summed E-state index contributed by atoms with van der Waals surface area (Å²) < 4.78 is 33.1. The van der Waals surface area contributed by atoms with Crippen molar-refractivity contribution in [2.45, 2.75) is 19.3 Å². The van der Waals surface area contributed by atoms with Crippen LogP contribution in [0, 0.1) is 0 Å². The number of esters is 1. The van der Waals surface area contributed by atoms with E-state index in [-0.39, 0.29) is 18.0 Å². The normalized spacial score (nSPS) is 18.9. The molecule has 6 heteroatoms. The molecule has 2 rings (SSSR count). The van der Waals surface area contributed by atoms with Gasteiger partial charge in [0, 0.05) is 37.1 Å². The third-order valence-corrected chi connectivity index (χ3v) is 3.37. The molecule has 0 bridgehead atoms. The minimum atomic E-state index is -3.21. The zero-order chi connectivity index (χ0) is 15.6. The molecule has 0 N–H and O–H groups in total. The van der Waals surface area contributed by atoms with E-state index >= 15 is 0 Å². The predicted molar refractivity (Wildman–Crippen MR) is 74.0 cm³/mol. The number of nitrogens with zero attached hydrogens (tertiary/aromatic N) is 1. The van der Waals surface area contributed by atoms with E-state index in [4.69, 9.17) is 0 Å². The number of fused-ring (bicyclic) bond motifs is 1. The summed E-state index contributed by atoms with van der Waals surface area (Å²) in [6, 6.07) is 6.31. The van der Waals surface area contributed by atoms with Crippen LogP contribution in [0.15, 0.2) is 30.3 Å². The molecule has 112 valence electrons. The van der Waals surface area contributed by atoms with Crippen molar-refractivity contribution in [2.24, 2.45) is 0 Å². The number of benzene rings is 1. The van der Waals surface area contributed by atoms with Crippen molar-refractivity contribution in [1.82, 2.24) is 0 Å². The molecule has 0 atom stereocenters. The number of anilines is 1. The van der Waals surface area contributed by atoms with Gasteiger partial charge in [-0.2, -0.15) is 0 Å². The lowest BCUT2D eigenvalue weighted by atomic mass is 9.97. The fourth-order valence-electron chi connectivity index (χ4n) is 2.33. The van der Waals surface area contributed by atoms with E-state index in [0.717, 1.165) is 13.2 Å². The van der Waals surface area contributed by atoms with Crippen LogP contribution in [0.5, 0.6) is 0 Å². The number of para-hydroxylation sites is 1. The lowest BCUT2D eigenvalue weighted by Crippen LogP contribution is -2.31. The minimum absolute atomic E-state index is 0.113. The lowest BCUT2D eigenvalue weighted by Gasteiger charge is -2.20. The van der Waals surface area contributed by atoms with Crippen molar-refractivity contribution in [3.63, 3.8) is 0 Å². The Hall–Kier alpha value is -2.24. The molecule has 1 aromatic carbocycles. The van der Waals surface area contributed by atoms with E-state index in [1.54, 1.807) is 18.2 Å². The SMILES string of the molecule is COC(=O)/C=C1/c2ccccc2N(C(C)=O)CCC1(F)F. The summed E-state index contributed by atoms with van der Waals surface area (Å²) in [4.78, 5) is 24.4. The highest BCUT2D eigenvalue weighted by atomic mass is 19.3. The van der Waals surface area contributed by atoms with Crippen LogP contribution in [-0.2, 0) is 14.3 Å². The molecule has 0 radical (unpaired) electrons. The molecule has 4 nitrogen and oxygen atoms in total. The molecular weight excluding hydrogens is 280 g/mol. The summed E-state index contributed by atoms with van der Waals surface area (Å²) in [7, 11) is 1.13. The summed E-state index contributed by atoms with van der Waals surface area (Å²) in [6.45, 7) is 1.21. The summed E-state index contributed by atoms with van der Waals surface area (Å²) >= 11 is 0. The summed E-state index contributed by atoms with van der Waals surface area (Å²) in [6.07, 6.45) is 0.243. The van der Waals surface area contributed by atoms with Crippen LogP contribution in [0.1, 0.15) is 18.9 Å². The third kappa shape index (κ3) is 2.94. The van der Waals surface area contributed by atoms with E-state index in [1.165, 1.54) is 17.9 Å². The van der Waals surface area contributed by atoms with Crippen LogP contribution in [-0.4, -0.2) is 31.5 Å². The van der Waals surface area contributed by atoms with Crippen LogP contribution in [0.4, 0.5) is 14.5 Å². The highest BCUT2D eigenvalue weighted by Crippen LogP contribution is 2.42. The number of amides is 1. The number of hydrogen-bond acceptors (Lipinski definition) is 3. The van der Waals surface area contributed by atoms with Crippen molar-refractivity contribution in [3.05, 3.63) is 35.9 Å². The number of allylic oxidation sites excluding steroid dienone is 1.